The van der Waals surface area contributed by atoms with Crippen molar-refractivity contribution < 1.29 is 4.74 Å². The van der Waals surface area contributed by atoms with E-state index in [1.54, 1.807) is 0 Å². The van der Waals surface area contributed by atoms with Gasteiger partial charge in [-0.3, -0.25) is 0 Å². The summed E-state index contributed by atoms with van der Waals surface area (Å²) in [7, 11) is 0. The normalized spacial score (nSPS) is 10.7. The van der Waals surface area contributed by atoms with Crippen LogP contribution in [-0.4, -0.2) is 29.3 Å². The molecule has 0 radical (unpaired) electrons. The Balaban J connectivity index is 1.88. The van der Waals surface area contributed by atoms with Crippen LogP contribution in [0.5, 0.6) is 0 Å². The lowest BCUT2D eigenvalue weighted by Crippen LogP contribution is -2.11. The second kappa shape index (κ2) is 8.07. The minimum absolute atomic E-state index is 0.775. The number of hydrogen-bond acceptors (Lipinski definition) is 3. The third kappa shape index (κ3) is 4.65. The molecule has 1 aromatic carbocycles. The summed E-state index contributed by atoms with van der Waals surface area (Å²) in [6.07, 6.45) is 4.80. The van der Waals surface area contributed by atoms with Crippen LogP contribution in [0.3, 0.4) is 0 Å². The fourth-order valence-electron chi connectivity index (χ4n) is 1.95. The van der Waals surface area contributed by atoms with Crippen molar-refractivity contribution >= 4 is 21.9 Å². The van der Waals surface area contributed by atoms with Crippen LogP contribution >= 0.6 is 15.9 Å². The highest BCUT2D eigenvalue weighted by molar-refractivity contribution is 9.10. The van der Waals surface area contributed by atoms with Gasteiger partial charge in [-0.1, -0.05) is 28.1 Å². The quantitative estimate of drug-likeness (QED) is 0.749. The summed E-state index contributed by atoms with van der Waals surface area (Å²) >= 11 is 3.50. The zero-order chi connectivity index (χ0) is 14.2. The van der Waals surface area contributed by atoms with E-state index in [1.807, 2.05) is 31.5 Å². The number of anilines is 1. The highest BCUT2D eigenvalue weighted by Gasteiger charge is 2.03. The van der Waals surface area contributed by atoms with Crippen molar-refractivity contribution in [3.8, 4) is 0 Å². The molecule has 0 aliphatic heterocycles. The first-order valence-corrected chi connectivity index (χ1v) is 7.66. The molecule has 4 nitrogen and oxygen atoms in total. The van der Waals surface area contributed by atoms with Crippen LogP contribution in [0.1, 0.15) is 18.9 Å². The van der Waals surface area contributed by atoms with Crippen molar-refractivity contribution in [1.82, 2.24) is 9.55 Å². The molecule has 0 saturated carbocycles. The molecule has 2 aromatic rings. The molecule has 0 spiro atoms. The molecule has 0 amide bonds. The summed E-state index contributed by atoms with van der Waals surface area (Å²) < 4.78 is 8.53. The highest BCUT2D eigenvalue weighted by Crippen LogP contribution is 2.14. The fourth-order valence-corrected chi connectivity index (χ4v) is 2.40. The molecule has 0 bridgehead atoms. The number of hydrogen-bond donors (Lipinski definition) is 1. The molecule has 0 atom stereocenters. The lowest BCUT2D eigenvalue weighted by molar-refractivity contribution is 0.147. The van der Waals surface area contributed by atoms with Gasteiger partial charge in [0, 0.05) is 36.6 Å². The number of nitrogens with zero attached hydrogens (tertiary/aromatic N) is 2. The zero-order valence-corrected chi connectivity index (χ0v) is 13.3. The lowest BCUT2D eigenvalue weighted by Gasteiger charge is -2.10. The Bertz CT molecular complexity index is 527. The number of rotatable bonds is 8. The van der Waals surface area contributed by atoms with E-state index in [0.717, 1.165) is 43.1 Å². The molecular formula is C15H20BrN3O. The minimum atomic E-state index is 0.775. The van der Waals surface area contributed by atoms with Gasteiger partial charge in [0.1, 0.15) is 0 Å². The van der Waals surface area contributed by atoms with Gasteiger partial charge in [-0.2, -0.15) is 0 Å². The maximum Gasteiger partial charge on any atom is 0.203 e. The molecule has 0 fully saturated rings. The van der Waals surface area contributed by atoms with Crippen molar-refractivity contribution in [3.05, 3.63) is 46.7 Å². The molecule has 1 N–H and O–H groups in total. The number of nitrogens with one attached hydrogen (secondary N) is 1. The third-order valence-electron chi connectivity index (χ3n) is 2.91. The van der Waals surface area contributed by atoms with E-state index in [4.69, 9.17) is 4.74 Å². The fraction of sp³-hybridized carbons (Fsp3) is 0.400. The smallest absolute Gasteiger partial charge is 0.203 e. The first-order chi connectivity index (χ1) is 9.79. The molecule has 0 saturated heterocycles. The van der Waals surface area contributed by atoms with Gasteiger partial charge in [-0.15, -0.1) is 0 Å². The number of halogens is 1. The summed E-state index contributed by atoms with van der Waals surface area (Å²) in [6.45, 7) is 5.26. The second-order valence-corrected chi connectivity index (χ2v) is 5.40. The van der Waals surface area contributed by atoms with Crippen molar-refractivity contribution in [3.63, 3.8) is 0 Å². The van der Waals surface area contributed by atoms with E-state index in [0.29, 0.717) is 0 Å². The first-order valence-electron chi connectivity index (χ1n) is 6.87. The molecule has 20 heavy (non-hydrogen) atoms. The maximum absolute atomic E-state index is 5.32. The number of aromatic nitrogens is 2. The molecule has 0 aliphatic carbocycles. The predicted octanol–water partition coefficient (Wildman–Crippen LogP) is 3.53. The van der Waals surface area contributed by atoms with Crippen molar-refractivity contribution in [1.29, 1.82) is 0 Å². The largest absolute Gasteiger partial charge is 0.382 e. The van der Waals surface area contributed by atoms with Crippen molar-refractivity contribution in [2.24, 2.45) is 0 Å². The van der Waals surface area contributed by atoms with Crippen molar-refractivity contribution in [2.45, 2.75) is 19.9 Å². The third-order valence-corrected chi connectivity index (χ3v) is 3.40. The molecule has 1 heterocycles. The van der Waals surface area contributed by atoms with Gasteiger partial charge in [0.2, 0.25) is 5.95 Å². The Hall–Kier alpha value is -1.33. The predicted molar refractivity (Wildman–Crippen MR) is 85.1 cm³/mol. The standard InChI is InChI=1S/C15H20BrN3O/c1-2-20-10-4-7-17-15-18-8-9-19(15)12-13-5-3-6-14(16)11-13/h3,5-6,8-9,11H,2,4,7,10,12H2,1H3,(H,17,18). The van der Waals surface area contributed by atoms with Gasteiger partial charge < -0.3 is 14.6 Å². The summed E-state index contributed by atoms with van der Waals surface area (Å²) in [5, 5.41) is 3.35. The lowest BCUT2D eigenvalue weighted by atomic mass is 10.2. The van der Waals surface area contributed by atoms with E-state index in [2.05, 4.69) is 42.9 Å². The molecule has 1 aromatic heterocycles. The Morgan fingerprint density at radius 2 is 2.30 bits per heavy atom. The molecule has 5 heteroatoms. The number of benzene rings is 1. The molecule has 2 rings (SSSR count). The topological polar surface area (TPSA) is 39.1 Å². The highest BCUT2D eigenvalue weighted by atomic mass is 79.9. The monoisotopic (exact) mass is 337 g/mol. The van der Waals surface area contributed by atoms with Crippen LogP contribution in [0.15, 0.2) is 41.1 Å². The van der Waals surface area contributed by atoms with Crippen LogP contribution in [0.25, 0.3) is 0 Å². The minimum Gasteiger partial charge on any atom is -0.382 e. The van der Waals surface area contributed by atoms with Crippen LogP contribution in [0.4, 0.5) is 5.95 Å². The Labute approximate surface area is 128 Å². The van der Waals surface area contributed by atoms with Gasteiger partial charge in [0.05, 0.1) is 6.54 Å². The van der Waals surface area contributed by atoms with E-state index < -0.39 is 0 Å². The van der Waals surface area contributed by atoms with Gasteiger partial charge in [-0.05, 0) is 31.0 Å². The van der Waals surface area contributed by atoms with E-state index >= 15 is 0 Å². The molecule has 108 valence electrons. The van der Waals surface area contributed by atoms with Crippen LogP contribution < -0.4 is 5.32 Å². The summed E-state index contributed by atoms with van der Waals surface area (Å²) in [5.74, 6) is 0.904. The van der Waals surface area contributed by atoms with E-state index in [1.165, 1.54) is 5.56 Å². The molecule has 0 unspecified atom stereocenters. The average Bonchev–Trinajstić information content (AvgIpc) is 2.86. The maximum atomic E-state index is 5.32. The first kappa shape index (κ1) is 15.1. The number of imidazole rings is 1. The Morgan fingerprint density at radius 3 is 3.10 bits per heavy atom. The van der Waals surface area contributed by atoms with Gasteiger partial charge in [0.15, 0.2) is 0 Å². The Kier molecular flexibility index (Phi) is 6.08. The van der Waals surface area contributed by atoms with Crippen LogP contribution in [0.2, 0.25) is 0 Å². The van der Waals surface area contributed by atoms with E-state index in [-0.39, 0.29) is 0 Å². The van der Waals surface area contributed by atoms with Crippen LogP contribution in [-0.2, 0) is 11.3 Å². The Morgan fingerprint density at radius 1 is 1.40 bits per heavy atom. The zero-order valence-electron chi connectivity index (χ0n) is 11.7. The van der Waals surface area contributed by atoms with E-state index in [9.17, 15) is 0 Å². The molecule has 0 aliphatic rings. The van der Waals surface area contributed by atoms with Crippen molar-refractivity contribution in [2.75, 3.05) is 25.1 Å². The molecular weight excluding hydrogens is 318 g/mol. The summed E-state index contributed by atoms with van der Waals surface area (Å²) in [4.78, 5) is 4.35. The number of ether oxygens (including phenoxy) is 1. The van der Waals surface area contributed by atoms with Gasteiger partial charge in [-0.25, -0.2) is 4.98 Å². The second-order valence-electron chi connectivity index (χ2n) is 4.49. The summed E-state index contributed by atoms with van der Waals surface area (Å²) in [5.41, 5.74) is 1.25. The average molecular weight is 338 g/mol. The van der Waals surface area contributed by atoms with Gasteiger partial charge in [0.25, 0.3) is 0 Å². The summed E-state index contributed by atoms with van der Waals surface area (Å²) in [6, 6.07) is 8.32. The van der Waals surface area contributed by atoms with Crippen LogP contribution in [0, 0.1) is 0 Å². The van der Waals surface area contributed by atoms with Gasteiger partial charge >= 0.3 is 0 Å². The SMILES string of the molecule is CCOCCCNc1nccn1Cc1cccc(Br)c1.